The summed E-state index contributed by atoms with van der Waals surface area (Å²) in [4.78, 5) is 26.0. The topological polar surface area (TPSA) is 68.5 Å². The summed E-state index contributed by atoms with van der Waals surface area (Å²) >= 11 is 6.08. The fourth-order valence-corrected chi connectivity index (χ4v) is 3.51. The number of amides is 1. The summed E-state index contributed by atoms with van der Waals surface area (Å²) in [6.07, 6.45) is -0.0274. The van der Waals surface area contributed by atoms with Crippen LogP contribution < -0.4 is 15.5 Å². The van der Waals surface area contributed by atoms with Crippen molar-refractivity contribution in [2.24, 2.45) is 0 Å². The first-order valence-electron chi connectivity index (χ1n) is 10.3. The number of ether oxygens (including phenoxy) is 1. The monoisotopic (exact) mass is 447 g/mol. The Hall–Kier alpha value is -3.57. The van der Waals surface area contributed by atoms with Crippen molar-refractivity contribution in [1.29, 1.82) is 0 Å². The molecule has 32 heavy (non-hydrogen) atoms. The van der Waals surface area contributed by atoms with Gasteiger partial charge < -0.3 is 14.5 Å². The van der Waals surface area contributed by atoms with Crippen LogP contribution in [0.5, 0.6) is 5.75 Å². The van der Waals surface area contributed by atoms with E-state index in [1.807, 2.05) is 54.6 Å². The van der Waals surface area contributed by atoms with Crippen molar-refractivity contribution in [2.75, 3.05) is 5.32 Å². The zero-order valence-electron chi connectivity index (χ0n) is 17.7. The lowest BCUT2D eigenvalue weighted by molar-refractivity contribution is -0.122. The summed E-state index contributed by atoms with van der Waals surface area (Å²) in [6, 6.07) is 21.6. The molecule has 0 aliphatic rings. The molecule has 3 aromatic carbocycles. The predicted molar refractivity (Wildman–Crippen MR) is 127 cm³/mol. The van der Waals surface area contributed by atoms with Crippen molar-refractivity contribution in [3.63, 3.8) is 0 Å². The number of nitrogens with one attached hydrogen (secondary N) is 1. The van der Waals surface area contributed by atoms with Gasteiger partial charge in [-0.1, -0.05) is 61.0 Å². The molecule has 1 N–H and O–H groups in total. The lowest BCUT2D eigenvalue weighted by atomic mass is 10.1. The number of rotatable bonds is 6. The average molecular weight is 448 g/mol. The van der Waals surface area contributed by atoms with Gasteiger partial charge in [0.25, 0.3) is 5.91 Å². The van der Waals surface area contributed by atoms with Gasteiger partial charge in [0, 0.05) is 16.3 Å². The van der Waals surface area contributed by atoms with Crippen LogP contribution in [0.3, 0.4) is 0 Å². The molecule has 4 aromatic rings. The molecular formula is C26H22ClNO4. The highest BCUT2D eigenvalue weighted by molar-refractivity contribution is 6.31. The maximum Gasteiger partial charge on any atom is 0.265 e. The van der Waals surface area contributed by atoms with Crippen LogP contribution in [0, 0.1) is 0 Å². The highest BCUT2D eigenvalue weighted by atomic mass is 35.5. The Morgan fingerprint density at radius 3 is 2.47 bits per heavy atom. The van der Waals surface area contributed by atoms with E-state index < -0.39 is 6.10 Å². The van der Waals surface area contributed by atoms with Crippen LogP contribution in [0.4, 0.5) is 5.69 Å². The fourth-order valence-electron chi connectivity index (χ4n) is 3.33. The summed E-state index contributed by atoms with van der Waals surface area (Å²) in [6.45, 7) is 3.66. The number of aryl methyl sites for hydroxylation is 1. The molecule has 0 fully saturated rings. The Morgan fingerprint density at radius 2 is 1.78 bits per heavy atom. The smallest absolute Gasteiger partial charge is 0.265 e. The third-order valence-corrected chi connectivity index (χ3v) is 5.38. The van der Waals surface area contributed by atoms with Crippen LogP contribution in [0.2, 0.25) is 5.02 Å². The Kier molecular flexibility index (Phi) is 6.28. The van der Waals surface area contributed by atoms with Crippen molar-refractivity contribution in [2.45, 2.75) is 26.4 Å². The molecule has 1 heterocycles. The maximum absolute atomic E-state index is 13.3. The van der Waals surface area contributed by atoms with Gasteiger partial charge in [0.1, 0.15) is 5.58 Å². The minimum atomic E-state index is -0.942. The normalized spacial score (nSPS) is 11.8. The molecule has 5 nitrogen and oxygen atoms in total. The van der Waals surface area contributed by atoms with Gasteiger partial charge in [0.15, 0.2) is 11.9 Å². The van der Waals surface area contributed by atoms with Crippen molar-refractivity contribution in [3.05, 3.63) is 93.6 Å². The van der Waals surface area contributed by atoms with E-state index in [4.69, 9.17) is 20.8 Å². The molecule has 0 aliphatic carbocycles. The Balaban J connectivity index is 1.69. The van der Waals surface area contributed by atoms with E-state index in [-0.39, 0.29) is 28.2 Å². The van der Waals surface area contributed by atoms with E-state index in [9.17, 15) is 9.59 Å². The first-order valence-corrected chi connectivity index (χ1v) is 10.7. The predicted octanol–water partition coefficient (Wildman–Crippen LogP) is 6.08. The van der Waals surface area contributed by atoms with Gasteiger partial charge in [-0.2, -0.15) is 0 Å². The molecule has 162 valence electrons. The van der Waals surface area contributed by atoms with Crippen LogP contribution in [0.15, 0.2) is 82.0 Å². The average Bonchev–Trinajstić information content (AvgIpc) is 2.82. The second-order valence-electron chi connectivity index (χ2n) is 7.40. The van der Waals surface area contributed by atoms with Gasteiger partial charge in [-0.15, -0.1) is 0 Å². The molecule has 6 heteroatoms. The number of halogens is 1. The van der Waals surface area contributed by atoms with Crippen molar-refractivity contribution >= 4 is 34.2 Å². The minimum Gasteiger partial charge on any atom is -0.473 e. The largest absolute Gasteiger partial charge is 0.473 e. The second-order valence-corrected chi connectivity index (χ2v) is 7.83. The lowest BCUT2D eigenvalue weighted by Crippen LogP contribution is -2.31. The number of hydrogen-bond donors (Lipinski definition) is 1. The van der Waals surface area contributed by atoms with E-state index in [0.717, 1.165) is 6.42 Å². The van der Waals surface area contributed by atoms with Crippen LogP contribution in [0.25, 0.3) is 22.3 Å². The molecule has 4 rings (SSSR count). The number of anilines is 1. The Bertz CT molecular complexity index is 1310. The summed E-state index contributed by atoms with van der Waals surface area (Å²) in [5.41, 5.74) is 2.49. The number of fused-ring (bicyclic) bond motifs is 1. The van der Waals surface area contributed by atoms with Crippen LogP contribution in [-0.2, 0) is 11.2 Å². The highest BCUT2D eigenvalue weighted by Crippen LogP contribution is 2.32. The zero-order chi connectivity index (χ0) is 22.7. The lowest BCUT2D eigenvalue weighted by Gasteiger charge is -2.17. The van der Waals surface area contributed by atoms with Gasteiger partial charge in [0.05, 0.1) is 5.39 Å². The summed E-state index contributed by atoms with van der Waals surface area (Å²) < 4.78 is 11.9. The molecule has 0 saturated heterocycles. The molecule has 1 aromatic heterocycles. The third-order valence-electron chi connectivity index (χ3n) is 5.14. The second kappa shape index (κ2) is 9.28. The molecule has 0 radical (unpaired) electrons. The standard InChI is InChI=1S/C26H22ClNO4/c1-3-17-9-12-20(13-10-17)28-26(30)16(2)31-25-23(29)21-15-19(27)11-14-22(21)32-24(25)18-7-5-4-6-8-18/h4-16H,3H2,1-2H3,(H,28,30). The highest BCUT2D eigenvalue weighted by Gasteiger charge is 2.23. The SMILES string of the molecule is CCc1ccc(NC(=O)C(C)Oc2c(-c3ccccc3)oc3ccc(Cl)cc3c2=O)cc1. The van der Waals surface area contributed by atoms with Crippen molar-refractivity contribution < 1.29 is 13.9 Å². The molecule has 0 spiro atoms. The molecular weight excluding hydrogens is 426 g/mol. The first-order chi connectivity index (χ1) is 15.5. The third kappa shape index (κ3) is 4.53. The summed E-state index contributed by atoms with van der Waals surface area (Å²) in [5, 5.41) is 3.51. The molecule has 1 unspecified atom stereocenters. The quantitative estimate of drug-likeness (QED) is 0.388. The minimum absolute atomic E-state index is 0.0325. The molecule has 1 atom stereocenters. The van der Waals surface area contributed by atoms with Gasteiger partial charge in [-0.25, -0.2) is 0 Å². The Morgan fingerprint density at radius 1 is 1.06 bits per heavy atom. The van der Waals surface area contributed by atoms with Gasteiger partial charge in [-0.3, -0.25) is 9.59 Å². The van der Waals surface area contributed by atoms with Gasteiger partial charge >= 0.3 is 0 Å². The number of benzene rings is 3. The van der Waals surface area contributed by atoms with Crippen LogP contribution >= 0.6 is 11.6 Å². The maximum atomic E-state index is 13.3. The molecule has 1 amide bonds. The number of carbonyl (C=O) groups excluding carboxylic acids is 1. The van der Waals surface area contributed by atoms with Crippen molar-refractivity contribution in [3.8, 4) is 17.1 Å². The molecule has 0 saturated carbocycles. The van der Waals surface area contributed by atoms with E-state index in [0.29, 0.717) is 21.9 Å². The molecule has 0 bridgehead atoms. The van der Waals surface area contributed by atoms with E-state index in [1.54, 1.807) is 19.1 Å². The summed E-state index contributed by atoms with van der Waals surface area (Å²) in [7, 11) is 0. The Labute approximate surface area is 190 Å². The summed E-state index contributed by atoms with van der Waals surface area (Å²) in [5.74, 6) is -0.147. The zero-order valence-corrected chi connectivity index (χ0v) is 18.5. The van der Waals surface area contributed by atoms with Gasteiger partial charge in [0.2, 0.25) is 11.2 Å². The van der Waals surface area contributed by atoms with Crippen LogP contribution in [0.1, 0.15) is 19.4 Å². The molecule has 0 aliphatic heterocycles. The number of hydrogen-bond acceptors (Lipinski definition) is 4. The van der Waals surface area contributed by atoms with Crippen molar-refractivity contribution in [1.82, 2.24) is 0 Å². The van der Waals surface area contributed by atoms with E-state index >= 15 is 0 Å². The first kappa shape index (κ1) is 21.7. The number of carbonyl (C=O) groups is 1. The van der Waals surface area contributed by atoms with E-state index in [1.165, 1.54) is 11.6 Å². The van der Waals surface area contributed by atoms with E-state index in [2.05, 4.69) is 12.2 Å². The fraction of sp³-hybridized carbons (Fsp3) is 0.154. The van der Waals surface area contributed by atoms with Crippen LogP contribution in [-0.4, -0.2) is 12.0 Å². The van der Waals surface area contributed by atoms with Gasteiger partial charge in [-0.05, 0) is 49.2 Å².